The maximum Gasteiger partial charge on any atom is 0.208 e. The van der Waals surface area contributed by atoms with Crippen LogP contribution in [0.4, 0.5) is 0 Å². The van der Waals surface area contributed by atoms with Gasteiger partial charge in [-0.25, -0.2) is 0 Å². The standard InChI is InChI=1S/C44H28O6/c45-40-39(41(46)43(48)44(49)42(40)47)27-18-20-37-35(22-27)34-21-26(17-19-36(34)50-37)38-30-15-7-13-28(24-9-3-1-4-10-24)32(30)23-33-29(14-8-16-31(33)38)25-11-5-2-6-12-25/h1-23,45-49H. The van der Waals surface area contributed by atoms with Gasteiger partial charge in [0.2, 0.25) is 17.2 Å². The third kappa shape index (κ3) is 4.36. The van der Waals surface area contributed by atoms with Crippen LogP contribution in [0.1, 0.15) is 0 Å². The molecule has 8 aromatic carbocycles. The first kappa shape index (κ1) is 29.2. The molecule has 0 amide bonds. The molecule has 240 valence electrons. The molecule has 0 aliphatic rings. The number of rotatable bonds is 4. The van der Waals surface area contributed by atoms with Crippen molar-refractivity contribution < 1.29 is 29.9 Å². The number of fused-ring (bicyclic) bond motifs is 5. The normalized spacial score (nSPS) is 11.6. The van der Waals surface area contributed by atoms with E-state index in [-0.39, 0.29) is 5.56 Å². The molecule has 0 unspecified atom stereocenters. The van der Waals surface area contributed by atoms with Gasteiger partial charge >= 0.3 is 0 Å². The second kappa shape index (κ2) is 11.1. The molecular formula is C44H28O6. The smallest absolute Gasteiger partial charge is 0.208 e. The first-order valence-electron chi connectivity index (χ1n) is 16.1. The maximum absolute atomic E-state index is 10.7. The van der Waals surface area contributed by atoms with Crippen LogP contribution in [0.3, 0.4) is 0 Å². The molecule has 6 heteroatoms. The minimum Gasteiger partial charge on any atom is -0.504 e. The summed E-state index contributed by atoms with van der Waals surface area (Å²) in [5, 5.41) is 57.7. The van der Waals surface area contributed by atoms with Crippen LogP contribution in [0.2, 0.25) is 0 Å². The van der Waals surface area contributed by atoms with Gasteiger partial charge in [0.15, 0.2) is 11.5 Å². The van der Waals surface area contributed by atoms with Gasteiger partial charge in [-0.3, -0.25) is 0 Å². The Hall–Kier alpha value is -6.92. The number of phenols is 5. The summed E-state index contributed by atoms with van der Waals surface area (Å²) < 4.78 is 6.23. The zero-order valence-corrected chi connectivity index (χ0v) is 26.4. The lowest BCUT2D eigenvalue weighted by atomic mass is 9.86. The third-order valence-electron chi connectivity index (χ3n) is 9.63. The van der Waals surface area contributed by atoms with Crippen molar-refractivity contribution in [1.82, 2.24) is 0 Å². The van der Waals surface area contributed by atoms with E-state index < -0.39 is 28.7 Å². The van der Waals surface area contributed by atoms with Gasteiger partial charge in [0.25, 0.3) is 0 Å². The number of hydrogen-bond acceptors (Lipinski definition) is 6. The van der Waals surface area contributed by atoms with Crippen LogP contribution in [0.15, 0.2) is 144 Å². The largest absolute Gasteiger partial charge is 0.504 e. The van der Waals surface area contributed by atoms with Gasteiger partial charge < -0.3 is 29.9 Å². The van der Waals surface area contributed by atoms with E-state index in [2.05, 4.69) is 103 Å². The first-order valence-corrected chi connectivity index (χ1v) is 16.1. The van der Waals surface area contributed by atoms with Crippen molar-refractivity contribution in [2.24, 2.45) is 0 Å². The Morgan fingerprint density at radius 1 is 0.300 bits per heavy atom. The molecule has 50 heavy (non-hydrogen) atoms. The zero-order valence-electron chi connectivity index (χ0n) is 26.4. The summed E-state index contributed by atoms with van der Waals surface area (Å²) >= 11 is 0. The van der Waals surface area contributed by atoms with Crippen LogP contribution in [0.25, 0.3) is 88.0 Å². The lowest BCUT2D eigenvalue weighted by Crippen LogP contribution is -1.90. The number of hydrogen-bond donors (Lipinski definition) is 5. The first-order chi connectivity index (χ1) is 24.4. The monoisotopic (exact) mass is 652 g/mol. The van der Waals surface area contributed by atoms with Gasteiger partial charge in [-0.05, 0) is 90.8 Å². The summed E-state index contributed by atoms with van der Waals surface area (Å²) in [6.45, 7) is 0. The van der Waals surface area contributed by atoms with E-state index >= 15 is 0 Å². The van der Waals surface area contributed by atoms with Crippen molar-refractivity contribution in [2.45, 2.75) is 0 Å². The second-order valence-electron chi connectivity index (χ2n) is 12.4. The Bertz CT molecular complexity index is 2670. The highest BCUT2D eigenvalue weighted by Crippen LogP contribution is 2.55. The van der Waals surface area contributed by atoms with Gasteiger partial charge in [-0.15, -0.1) is 0 Å². The summed E-state index contributed by atoms with van der Waals surface area (Å²) in [6, 6.07) is 47.1. The predicted molar refractivity (Wildman–Crippen MR) is 199 cm³/mol. The average molecular weight is 653 g/mol. The highest BCUT2D eigenvalue weighted by Gasteiger charge is 2.25. The van der Waals surface area contributed by atoms with Crippen LogP contribution in [-0.2, 0) is 0 Å². The molecule has 0 aliphatic carbocycles. The predicted octanol–water partition coefficient (Wildman–Crippen LogP) is 11.1. The van der Waals surface area contributed by atoms with Crippen molar-refractivity contribution >= 4 is 43.5 Å². The van der Waals surface area contributed by atoms with Gasteiger partial charge in [0, 0.05) is 10.8 Å². The zero-order chi connectivity index (χ0) is 34.1. The van der Waals surface area contributed by atoms with Gasteiger partial charge in [0.05, 0.1) is 5.56 Å². The van der Waals surface area contributed by atoms with Crippen molar-refractivity contribution in [3.63, 3.8) is 0 Å². The number of phenolic OH excluding ortho intramolecular Hbond substituents is 5. The van der Waals surface area contributed by atoms with Crippen molar-refractivity contribution in [1.29, 1.82) is 0 Å². The fourth-order valence-corrected chi connectivity index (χ4v) is 7.26. The Labute approximate surface area is 285 Å². The van der Waals surface area contributed by atoms with Crippen LogP contribution < -0.4 is 0 Å². The molecule has 1 aromatic heterocycles. The molecule has 1 heterocycles. The molecule has 0 saturated carbocycles. The maximum atomic E-state index is 10.7. The van der Waals surface area contributed by atoms with Crippen LogP contribution in [0, 0.1) is 0 Å². The fraction of sp³-hybridized carbons (Fsp3) is 0. The average Bonchev–Trinajstić information content (AvgIpc) is 3.53. The van der Waals surface area contributed by atoms with Gasteiger partial charge in [-0.1, -0.05) is 109 Å². The van der Waals surface area contributed by atoms with E-state index in [4.69, 9.17) is 4.42 Å². The molecule has 6 nitrogen and oxygen atoms in total. The fourth-order valence-electron chi connectivity index (χ4n) is 7.26. The van der Waals surface area contributed by atoms with E-state index in [1.54, 1.807) is 18.2 Å². The highest BCUT2D eigenvalue weighted by atomic mass is 16.4. The highest BCUT2D eigenvalue weighted by molar-refractivity contribution is 6.20. The summed E-state index contributed by atoms with van der Waals surface area (Å²) in [5.41, 5.74) is 7.88. The SMILES string of the molecule is Oc1c(O)c(O)c(-c2ccc3oc4ccc(-c5c6cccc(-c7ccccc7)c6cc6c(-c7ccccc7)cccc56)cc4c3c2)c(O)c1O. The minimum absolute atomic E-state index is 0.216. The number of furan rings is 1. The topological polar surface area (TPSA) is 114 Å². The molecule has 9 rings (SSSR count). The van der Waals surface area contributed by atoms with E-state index in [0.29, 0.717) is 22.1 Å². The van der Waals surface area contributed by atoms with Crippen molar-refractivity contribution in [3.8, 4) is 73.3 Å². The molecule has 0 saturated heterocycles. The lowest BCUT2D eigenvalue weighted by molar-refractivity contribution is 0.330. The molecule has 5 N–H and O–H groups in total. The molecule has 0 fully saturated rings. The molecule has 0 spiro atoms. The third-order valence-corrected chi connectivity index (χ3v) is 9.63. The summed E-state index contributed by atoms with van der Waals surface area (Å²) in [6.07, 6.45) is 0. The molecule has 0 aliphatic heterocycles. The minimum atomic E-state index is -1.00. The molecule has 9 aromatic rings. The Balaban J connectivity index is 1.34. The van der Waals surface area contributed by atoms with Crippen LogP contribution in [-0.4, -0.2) is 25.5 Å². The number of benzene rings is 8. The Kier molecular flexibility index (Phi) is 6.48. The van der Waals surface area contributed by atoms with E-state index in [1.165, 1.54) is 0 Å². The summed E-state index contributed by atoms with van der Waals surface area (Å²) in [4.78, 5) is 0. The molecular weight excluding hydrogens is 624 g/mol. The van der Waals surface area contributed by atoms with E-state index in [0.717, 1.165) is 60.3 Å². The van der Waals surface area contributed by atoms with Crippen molar-refractivity contribution in [2.75, 3.05) is 0 Å². The number of aromatic hydroxyl groups is 5. The van der Waals surface area contributed by atoms with E-state index in [1.807, 2.05) is 18.2 Å². The summed E-state index contributed by atoms with van der Waals surface area (Å²) in [7, 11) is 0. The molecule has 0 atom stereocenters. The van der Waals surface area contributed by atoms with Crippen LogP contribution >= 0.6 is 0 Å². The Morgan fingerprint density at radius 3 is 1.22 bits per heavy atom. The molecule has 0 radical (unpaired) electrons. The Morgan fingerprint density at radius 2 is 0.740 bits per heavy atom. The second-order valence-corrected chi connectivity index (χ2v) is 12.4. The van der Waals surface area contributed by atoms with Crippen molar-refractivity contribution in [3.05, 3.63) is 140 Å². The van der Waals surface area contributed by atoms with E-state index in [9.17, 15) is 25.5 Å². The summed E-state index contributed by atoms with van der Waals surface area (Å²) in [5.74, 6) is -4.37. The quantitative estimate of drug-likeness (QED) is 0.0734. The molecule has 0 bridgehead atoms. The van der Waals surface area contributed by atoms with Crippen LogP contribution in [0.5, 0.6) is 28.7 Å². The van der Waals surface area contributed by atoms with Gasteiger partial charge in [0.1, 0.15) is 11.2 Å². The lowest BCUT2D eigenvalue weighted by Gasteiger charge is -2.17. The van der Waals surface area contributed by atoms with Gasteiger partial charge in [-0.2, -0.15) is 0 Å².